The van der Waals surface area contributed by atoms with Crippen LogP contribution in [0.4, 0.5) is 0 Å². The third kappa shape index (κ3) is 4.44. The van der Waals surface area contributed by atoms with Crippen molar-refractivity contribution in [2.24, 2.45) is 0 Å². The molecule has 0 saturated heterocycles. The predicted molar refractivity (Wildman–Crippen MR) is 118 cm³/mol. The van der Waals surface area contributed by atoms with Crippen molar-refractivity contribution in [3.8, 4) is 22.8 Å². The zero-order chi connectivity index (χ0) is 20.4. The Kier molecular flexibility index (Phi) is 6.69. The van der Waals surface area contributed by atoms with Crippen LogP contribution in [0.1, 0.15) is 17.2 Å². The fourth-order valence-corrected chi connectivity index (χ4v) is 3.96. The van der Waals surface area contributed by atoms with Crippen molar-refractivity contribution in [2.75, 3.05) is 14.2 Å². The maximum absolute atomic E-state index is 12.4. The normalized spacial score (nSPS) is 10.6. The molecule has 0 fully saturated rings. The second-order valence-electron chi connectivity index (χ2n) is 6.54. The molecule has 1 N–H and O–H groups in total. The quantitative estimate of drug-likeness (QED) is 0.458. The summed E-state index contributed by atoms with van der Waals surface area (Å²) in [5, 5.41) is 4.84. The fraction of sp³-hybridized carbons (Fsp3) is 0.238. The molecular weight excluding hydrogens is 426 g/mol. The lowest BCUT2D eigenvalue weighted by Crippen LogP contribution is -2.24. The van der Waals surface area contributed by atoms with Crippen LogP contribution in [0.25, 0.3) is 16.2 Å². The van der Waals surface area contributed by atoms with Crippen molar-refractivity contribution in [3.05, 3.63) is 59.1 Å². The number of rotatable bonds is 7. The van der Waals surface area contributed by atoms with Gasteiger partial charge in [-0.25, -0.2) is 4.98 Å². The summed E-state index contributed by atoms with van der Waals surface area (Å²) in [6.45, 7) is 2.25. The topological polar surface area (TPSA) is 78.0 Å². The number of thiazole rings is 1. The molecule has 9 heteroatoms. The van der Waals surface area contributed by atoms with E-state index in [1.54, 1.807) is 14.2 Å². The molecule has 7 nitrogen and oxygen atoms in total. The number of fused-ring (bicyclic) bond motifs is 1. The van der Waals surface area contributed by atoms with Gasteiger partial charge < -0.3 is 19.2 Å². The number of carbonyl (C=O) groups is 1. The number of imidazole rings is 1. The Hall–Kier alpha value is -2.97. The summed E-state index contributed by atoms with van der Waals surface area (Å²) < 4.78 is 18.1. The van der Waals surface area contributed by atoms with E-state index in [0.717, 1.165) is 33.4 Å². The van der Waals surface area contributed by atoms with E-state index >= 15 is 0 Å². The van der Waals surface area contributed by atoms with Gasteiger partial charge in [-0.1, -0.05) is 0 Å². The van der Waals surface area contributed by atoms with Gasteiger partial charge in [-0.15, -0.1) is 23.7 Å². The Morgan fingerprint density at radius 3 is 2.70 bits per heavy atom. The van der Waals surface area contributed by atoms with Gasteiger partial charge in [0.2, 0.25) is 5.91 Å². The highest BCUT2D eigenvalue weighted by Gasteiger charge is 2.14. The van der Waals surface area contributed by atoms with Crippen LogP contribution in [0.5, 0.6) is 11.5 Å². The number of aromatic nitrogens is 2. The van der Waals surface area contributed by atoms with E-state index in [1.807, 2.05) is 53.2 Å². The lowest BCUT2D eigenvalue weighted by molar-refractivity contribution is -0.120. The Labute approximate surface area is 184 Å². The number of furan rings is 1. The van der Waals surface area contributed by atoms with Gasteiger partial charge in [-0.05, 0) is 37.3 Å². The van der Waals surface area contributed by atoms with Crippen molar-refractivity contribution >= 4 is 34.6 Å². The van der Waals surface area contributed by atoms with E-state index in [-0.39, 0.29) is 24.7 Å². The summed E-state index contributed by atoms with van der Waals surface area (Å²) in [6.07, 6.45) is 2.20. The molecule has 0 aliphatic carbocycles. The molecule has 4 rings (SSSR count). The van der Waals surface area contributed by atoms with E-state index in [1.165, 1.54) is 11.3 Å². The minimum atomic E-state index is -0.0693. The van der Waals surface area contributed by atoms with Gasteiger partial charge in [-0.3, -0.25) is 9.20 Å². The summed E-state index contributed by atoms with van der Waals surface area (Å²) in [5.74, 6) is 2.82. The van der Waals surface area contributed by atoms with Crippen molar-refractivity contribution in [2.45, 2.75) is 19.9 Å². The number of aryl methyl sites for hydroxylation is 1. The summed E-state index contributed by atoms with van der Waals surface area (Å²) >= 11 is 1.50. The molecule has 1 aromatic carbocycles. The molecule has 0 spiro atoms. The van der Waals surface area contributed by atoms with E-state index in [9.17, 15) is 4.79 Å². The minimum absolute atomic E-state index is 0. The first-order valence-corrected chi connectivity index (χ1v) is 9.95. The Morgan fingerprint density at radius 1 is 1.20 bits per heavy atom. The Balaban J connectivity index is 0.00000256. The van der Waals surface area contributed by atoms with Crippen LogP contribution in [-0.2, 0) is 17.8 Å². The zero-order valence-corrected chi connectivity index (χ0v) is 18.4. The molecule has 4 aromatic rings. The van der Waals surface area contributed by atoms with Gasteiger partial charge in [0, 0.05) is 22.8 Å². The van der Waals surface area contributed by atoms with Gasteiger partial charge in [0.25, 0.3) is 0 Å². The second kappa shape index (κ2) is 9.23. The molecule has 0 atom stereocenters. The number of hydrogen-bond donors (Lipinski definition) is 1. The summed E-state index contributed by atoms with van der Waals surface area (Å²) in [7, 11) is 3.21. The Morgan fingerprint density at radius 2 is 2.00 bits per heavy atom. The minimum Gasteiger partial charge on any atom is -0.493 e. The van der Waals surface area contributed by atoms with Crippen molar-refractivity contribution in [1.82, 2.24) is 14.7 Å². The average Bonchev–Trinajstić information content (AvgIpc) is 3.43. The molecule has 0 bridgehead atoms. The number of ether oxygens (including phenoxy) is 2. The van der Waals surface area contributed by atoms with Gasteiger partial charge >= 0.3 is 0 Å². The van der Waals surface area contributed by atoms with Crippen molar-refractivity contribution < 1.29 is 18.7 Å². The number of amides is 1. The fourth-order valence-electron chi connectivity index (χ4n) is 3.08. The monoisotopic (exact) mass is 447 g/mol. The van der Waals surface area contributed by atoms with E-state index in [0.29, 0.717) is 18.0 Å². The van der Waals surface area contributed by atoms with Crippen LogP contribution in [0.15, 0.2) is 46.3 Å². The number of carbonyl (C=O) groups excluding carboxylic acids is 1. The van der Waals surface area contributed by atoms with Crippen LogP contribution in [-0.4, -0.2) is 29.5 Å². The van der Waals surface area contributed by atoms with Crippen LogP contribution in [0, 0.1) is 6.92 Å². The standard InChI is InChI=1S/C21H21N3O4S.ClH/c1-13-4-6-16(28-13)10-22-20(25)9-15-12-29-21-23-17(11-24(15)21)14-5-7-18(26-2)19(8-14)27-3;/h4-8,11-12H,9-10H2,1-3H3,(H,22,25);1H. The summed E-state index contributed by atoms with van der Waals surface area (Å²) in [5.41, 5.74) is 2.62. The molecular formula is C21H22ClN3O4S. The molecule has 0 aliphatic rings. The maximum Gasteiger partial charge on any atom is 0.226 e. The largest absolute Gasteiger partial charge is 0.493 e. The highest BCUT2D eigenvalue weighted by Crippen LogP contribution is 2.32. The number of halogens is 1. The molecule has 3 aromatic heterocycles. The lowest BCUT2D eigenvalue weighted by atomic mass is 10.1. The third-order valence-corrected chi connectivity index (χ3v) is 5.45. The van der Waals surface area contributed by atoms with Crippen molar-refractivity contribution in [3.63, 3.8) is 0 Å². The van der Waals surface area contributed by atoms with Gasteiger partial charge in [-0.2, -0.15) is 0 Å². The zero-order valence-electron chi connectivity index (χ0n) is 16.8. The average molecular weight is 448 g/mol. The van der Waals surface area contributed by atoms with Crippen LogP contribution >= 0.6 is 23.7 Å². The predicted octanol–water partition coefficient (Wildman–Crippen LogP) is 4.26. The highest BCUT2D eigenvalue weighted by molar-refractivity contribution is 7.15. The molecule has 0 unspecified atom stereocenters. The maximum atomic E-state index is 12.4. The molecule has 0 aliphatic heterocycles. The second-order valence-corrected chi connectivity index (χ2v) is 7.38. The van der Waals surface area contributed by atoms with Gasteiger partial charge in [0.15, 0.2) is 16.5 Å². The molecule has 1 amide bonds. The number of hydrogen-bond acceptors (Lipinski definition) is 6. The van der Waals surface area contributed by atoms with E-state index in [4.69, 9.17) is 13.9 Å². The Bertz CT molecular complexity index is 1160. The summed E-state index contributed by atoms with van der Waals surface area (Å²) in [4.78, 5) is 17.9. The van der Waals surface area contributed by atoms with Crippen LogP contribution < -0.4 is 14.8 Å². The lowest BCUT2D eigenvalue weighted by Gasteiger charge is -2.08. The van der Waals surface area contributed by atoms with E-state index < -0.39 is 0 Å². The first-order valence-electron chi connectivity index (χ1n) is 9.07. The molecule has 0 saturated carbocycles. The SMILES string of the molecule is COc1ccc(-c2cn3c(CC(=O)NCc4ccc(C)o4)csc3n2)cc1OC.Cl. The number of methoxy groups -OCH3 is 2. The number of nitrogens with one attached hydrogen (secondary N) is 1. The molecule has 0 radical (unpaired) electrons. The molecule has 3 heterocycles. The first kappa shape index (κ1) is 21.7. The number of nitrogens with zero attached hydrogens (tertiary/aromatic N) is 2. The molecule has 158 valence electrons. The first-order chi connectivity index (χ1) is 14.1. The van der Waals surface area contributed by atoms with Crippen molar-refractivity contribution in [1.29, 1.82) is 0 Å². The van der Waals surface area contributed by atoms with Gasteiger partial charge in [0.05, 0.1) is 32.9 Å². The summed E-state index contributed by atoms with van der Waals surface area (Å²) in [6, 6.07) is 9.43. The van der Waals surface area contributed by atoms with E-state index in [2.05, 4.69) is 10.3 Å². The molecule has 30 heavy (non-hydrogen) atoms. The number of benzene rings is 1. The smallest absolute Gasteiger partial charge is 0.226 e. The highest BCUT2D eigenvalue weighted by atomic mass is 35.5. The van der Waals surface area contributed by atoms with Gasteiger partial charge in [0.1, 0.15) is 11.5 Å². The van der Waals surface area contributed by atoms with Crippen LogP contribution in [0.3, 0.4) is 0 Å². The third-order valence-electron chi connectivity index (χ3n) is 4.56. The van der Waals surface area contributed by atoms with Crippen LogP contribution in [0.2, 0.25) is 0 Å².